The maximum atomic E-state index is 12.4. The lowest BCUT2D eigenvalue weighted by Gasteiger charge is -2.37. The van der Waals surface area contributed by atoms with E-state index >= 15 is 0 Å². The zero-order valence-electron chi connectivity index (χ0n) is 17.3. The Labute approximate surface area is 201 Å². The lowest BCUT2D eigenvalue weighted by Crippen LogP contribution is -2.50. The van der Waals surface area contributed by atoms with Crippen LogP contribution in [0.3, 0.4) is 0 Å². The number of halogens is 2. The van der Waals surface area contributed by atoms with Crippen molar-refractivity contribution in [3.05, 3.63) is 57.5 Å². The molecular weight excluding hydrogens is 500 g/mol. The number of benzene rings is 2. The molecule has 0 unspecified atom stereocenters. The third-order valence-corrected chi connectivity index (χ3v) is 6.18. The third kappa shape index (κ3) is 5.96. The van der Waals surface area contributed by atoms with Crippen molar-refractivity contribution in [1.82, 2.24) is 10.2 Å². The van der Waals surface area contributed by atoms with Crippen molar-refractivity contribution in [3.63, 3.8) is 0 Å². The van der Waals surface area contributed by atoms with Gasteiger partial charge in [0.25, 0.3) is 5.91 Å². The molecule has 0 aliphatic carbocycles. The molecular formula is C22H24BrClN4O2S. The number of nitrogens with one attached hydrogen (secondary N) is 2. The van der Waals surface area contributed by atoms with Crippen LogP contribution in [0, 0.1) is 5.92 Å². The van der Waals surface area contributed by atoms with Crippen LogP contribution in [0.2, 0.25) is 5.02 Å². The van der Waals surface area contributed by atoms with Gasteiger partial charge in [-0.1, -0.05) is 37.6 Å². The molecule has 9 heteroatoms. The molecule has 2 N–H and O–H groups in total. The number of carbonyl (C=O) groups is 2. The maximum Gasteiger partial charge on any atom is 0.258 e. The molecule has 1 fully saturated rings. The predicted octanol–water partition coefficient (Wildman–Crippen LogP) is 4.53. The van der Waals surface area contributed by atoms with Crippen LogP contribution in [0.1, 0.15) is 24.2 Å². The van der Waals surface area contributed by atoms with E-state index in [0.29, 0.717) is 33.8 Å². The Morgan fingerprint density at radius 2 is 1.77 bits per heavy atom. The van der Waals surface area contributed by atoms with Crippen molar-refractivity contribution in [2.45, 2.75) is 13.8 Å². The first kappa shape index (κ1) is 23.5. The van der Waals surface area contributed by atoms with Gasteiger partial charge in [-0.15, -0.1) is 0 Å². The Bertz CT molecular complexity index is 993. The van der Waals surface area contributed by atoms with Crippen molar-refractivity contribution < 1.29 is 9.59 Å². The van der Waals surface area contributed by atoms with Crippen LogP contribution in [-0.2, 0) is 4.79 Å². The van der Waals surface area contributed by atoms with Crippen molar-refractivity contribution in [1.29, 1.82) is 0 Å². The average molecular weight is 524 g/mol. The Balaban J connectivity index is 1.58. The molecule has 2 amide bonds. The Hall–Kier alpha value is -2.16. The molecule has 164 valence electrons. The molecule has 0 bridgehead atoms. The normalized spacial score (nSPS) is 13.8. The molecule has 3 rings (SSSR count). The van der Waals surface area contributed by atoms with Gasteiger partial charge in [-0.25, -0.2) is 0 Å². The fourth-order valence-corrected chi connectivity index (χ4v) is 4.33. The number of anilines is 2. The van der Waals surface area contributed by atoms with Crippen LogP contribution < -0.4 is 15.5 Å². The summed E-state index contributed by atoms with van der Waals surface area (Å²) in [5.74, 6) is -0.113. The van der Waals surface area contributed by atoms with Gasteiger partial charge >= 0.3 is 0 Å². The van der Waals surface area contributed by atoms with E-state index in [4.69, 9.17) is 23.8 Å². The van der Waals surface area contributed by atoms with Gasteiger partial charge in [-0.2, -0.15) is 0 Å². The Kier molecular flexibility index (Phi) is 7.91. The van der Waals surface area contributed by atoms with Crippen molar-refractivity contribution in [3.8, 4) is 0 Å². The molecule has 31 heavy (non-hydrogen) atoms. The minimum absolute atomic E-state index is 0.00725. The van der Waals surface area contributed by atoms with Gasteiger partial charge in [0, 0.05) is 42.3 Å². The van der Waals surface area contributed by atoms with E-state index in [2.05, 4.69) is 31.5 Å². The van der Waals surface area contributed by atoms with Gasteiger partial charge in [0.15, 0.2) is 5.11 Å². The highest BCUT2D eigenvalue weighted by Crippen LogP contribution is 2.30. The van der Waals surface area contributed by atoms with Crippen LogP contribution >= 0.6 is 39.7 Å². The number of thiocarbonyl (C=S) groups is 1. The summed E-state index contributed by atoms with van der Waals surface area (Å²) < 4.78 is 0.692. The minimum atomic E-state index is -0.304. The highest BCUT2D eigenvalue weighted by Gasteiger charge is 2.24. The zero-order chi connectivity index (χ0) is 22.5. The summed E-state index contributed by atoms with van der Waals surface area (Å²) in [5.41, 5.74) is 2.09. The van der Waals surface area contributed by atoms with E-state index in [9.17, 15) is 9.59 Å². The summed E-state index contributed by atoms with van der Waals surface area (Å²) in [6.07, 6.45) is 0. The van der Waals surface area contributed by atoms with Gasteiger partial charge < -0.3 is 15.1 Å². The molecule has 1 saturated heterocycles. The number of hydrogen-bond acceptors (Lipinski definition) is 4. The van der Waals surface area contributed by atoms with E-state index in [-0.39, 0.29) is 22.8 Å². The minimum Gasteiger partial charge on any atom is -0.367 e. The topological polar surface area (TPSA) is 64.7 Å². The van der Waals surface area contributed by atoms with Crippen LogP contribution in [0.5, 0.6) is 0 Å². The average Bonchev–Trinajstić information content (AvgIpc) is 2.73. The quantitative estimate of drug-likeness (QED) is 0.577. The lowest BCUT2D eigenvalue weighted by molar-refractivity contribution is -0.134. The van der Waals surface area contributed by atoms with Crippen molar-refractivity contribution in [2.75, 3.05) is 36.4 Å². The molecule has 2 aromatic carbocycles. The van der Waals surface area contributed by atoms with Crippen LogP contribution in [0.4, 0.5) is 11.4 Å². The largest absolute Gasteiger partial charge is 0.367 e. The first-order valence-corrected chi connectivity index (χ1v) is 11.5. The first-order chi connectivity index (χ1) is 14.8. The zero-order valence-corrected chi connectivity index (χ0v) is 20.5. The van der Waals surface area contributed by atoms with Gasteiger partial charge in [-0.05, 0) is 58.5 Å². The Morgan fingerprint density at radius 3 is 2.39 bits per heavy atom. The van der Waals surface area contributed by atoms with Gasteiger partial charge in [0.2, 0.25) is 5.91 Å². The monoisotopic (exact) mass is 522 g/mol. The summed E-state index contributed by atoms with van der Waals surface area (Å²) in [5, 5.41) is 6.43. The lowest BCUT2D eigenvalue weighted by atomic mass is 10.1. The van der Waals surface area contributed by atoms with E-state index in [1.54, 1.807) is 24.3 Å². The Morgan fingerprint density at radius 1 is 1.10 bits per heavy atom. The molecule has 0 saturated carbocycles. The molecule has 0 spiro atoms. The summed E-state index contributed by atoms with van der Waals surface area (Å²) in [6, 6.07) is 12.7. The number of hydrogen-bond donors (Lipinski definition) is 2. The summed E-state index contributed by atoms with van der Waals surface area (Å²) in [6.45, 7) is 6.65. The smallest absolute Gasteiger partial charge is 0.258 e. The second-order valence-corrected chi connectivity index (χ2v) is 9.19. The van der Waals surface area contributed by atoms with E-state index < -0.39 is 0 Å². The van der Waals surface area contributed by atoms with Crippen LogP contribution in [0.25, 0.3) is 0 Å². The summed E-state index contributed by atoms with van der Waals surface area (Å²) >= 11 is 15.1. The molecule has 6 nitrogen and oxygen atoms in total. The summed E-state index contributed by atoms with van der Waals surface area (Å²) in [7, 11) is 0. The fraction of sp³-hybridized carbons (Fsp3) is 0.318. The number of rotatable bonds is 4. The molecule has 2 aromatic rings. The molecule has 0 aromatic heterocycles. The molecule has 1 heterocycles. The highest BCUT2D eigenvalue weighted by molar-refractivity contribution is 9.10. The highest BCUT2D eigenvalue weighted by atomic mass is 79.9. The van der Waals surface area contributed by atoms with Crippen molar-refractivity contribution in [2.24, 2.45) is 5.92 Å². The van der Waals surface area contributed by atoms with Gasteiger partial charge in [-0.3, -0.25) is 14.9 Å². The van der Waals surface area contributed by atoms with E-state index in [1.165, 1.54) is 0 Å². The van der Waals surface area contributed by atoms with Gasteiger partial charge in [0.05, 0.1) is 16.3 Å². The SMILES string of the molecule is CC(C)C(=O)N1CCN(c2ccc(NC(=S)NC(=O)c3ccccc3Br)cc2Cl)CC1. The number of carbonyl (C=O) groups excluding carboxylic acids is 2. The second kappa shape index (κ2) is 10.4. The second-order valence-electron chi connectivity index (χ2n) is 7.52. The third-order valence-electron chi connectivity index (χ3n) is 4.98. The molecule has 1 aliphatic rings. The maximum absolute atomic E-state index is 12.4. The predicted molar refractivity (Wildman–Crippen MR) is 133 cm³/mol. The van der Waals surface area contributed by atoms with Crippen LogP contribution in [-0.4, -0.2) is 48.0 Å². The van der Waals surface area contributed by atoms with Gasteiger partial charge in [0.1, 0.15) is 0 Å². The summed E-state index contributed by atoms with van der Waals surface area (Å²) in [4.78, 5) is 28.6. The number of amides is 2. The fourth-order valence-electron chi connectivity index (χ4n) is 3.35. The number of nitrogens with zero attached hydrogens (tertiary/aromatic N) is 2. The molecule has 0 atom stereocenters. The first-order valence-electron chi connectivity index (χ1n) is 9.96. The standard InChI is InChI=1S/C22H24BrClN4O2S/c1-14(2)21(30)28-11-9-27(10-12-28)19-8-7-15(13-18(19)24)25-22(31)26-20(29)16-5-3-4-6-17(16)23/h3-8,13-14H,9-12H2,1-2H3,(H2,25,26,29,31). The number of piperazine rings is 1. The molecule has 1 aliphatic heterocycles. The molecule has 0 radical (unpaired) electrons. The van der Waals surface area contributed by atoms with Crippen molar-refractivity contribution >= 4 is 68.1 Å². The van der Waals surface area contributed by atoms with Crippen LogP contribution in [0.15, 0.2) is 46.9 Å². The van der Waals surface area contributed by atoms with E-state index in [0.717, 1.165) is 18.8 Å². The van der Waals surface area contributed by atoms with E-state index in [1.807, 2.05) is 36.9 Å².